The van der Waals surface area contributed by atoms with Gasteiger partial charge in [0.2, 0.25) is 10.0 Å². The van der Waals surface area contributed by atoms with E-state index >= 15 is 0 Å². The Morgan fingerprint density at radius 1 is 1.29 bits per heavy atom. The molecule has 21 heavy (non-hydrogen) atoms. The summed E-state index contributed by atoms with van der Waals surface area (Å²) in [6.45, 7) is 6.44. The van der Waals surface area contributed by atoms with E-state index in [1.807, 2.05) is 19.9 Å². The molecule has 1 aliphatic heterocycles. The van der Waals surface area contributed by atoms with Crippen molar-refractivity contribution in [2.45, 2.75) is 37.6 Å². The number of halogens is 1. The number of hydrogen-bond donors (Lipinski definition) is 1. The van der Waals surface area contributed by atoms with Crippen LogP contribution >= 0.6 is 15.9 Å². The molecule has 0 amide bonds. The second kappa shape index (κ2) is 7.22. The fourth-order valence-corrected chi connectivity index (χ4v) is 5.36. The standard InChI is InChI=1S/C15H23BrN2O2S/c1-12(2)18(11-13-7-9-17-10-8-13)21(19,20)15-6-4-3-5-14(15)16/h3-6,12-13,17H,7-11H2,1-2H3. The maximum atomic E-state index is 12.9. The highest BCUT2D eigenvalue weighted by atomic mass is 79.9. The molecule has 0 aliphatic carbocycles. The van der Waals surface area contributed by atoms with Crippen molar-refractivity contribution in [2.24, 2.45) is 5.92 Å². The molecule has 6 heteroatoms. The molecule has 1 fully saturated rings. The molecule has 0 bridgehead atoms. The van der Waals surface area contributed by atoms with E-state index in [9.17, 15) is 8.42 Å². The number of piperidine rings is 1. The summed E-state index contributed by atoms with van der Waals surface area (Å²) in [7, 11) is -3.46. The highest BCUT2D eigenvalue weighted by Gasteiger charge is 2.31. The van der Waals surface area contributed by atoms with Crippen molar-refractivity contribution in [2.75, 3.05) is 19.6 Å². The van der Waals surface area contributed by atoms with Crippen molar-refractivity contribution >= 4 is 26.0 Å². The Labute approximate surface area is 136 Å². The molecule has 1 heterocycles. The normalized spacial score (nSPS) is 17.6. The second-order valence-corrected chi connectivity index (χ2v) is 8.51. The van der Waals surface area contributed by atoms with Crippen molar-refractivity contribution in [3.63, 3.8) is 0 Å². The zero-order chi connectivity index (χ0) is 15.5. The van der Waals surface area contributed by atoms with Gasteiger partial charge in [-0.2, -0.15) is 4.31 Å². The predicted octanol–water partition coefficient (Wildman–Crippen LogP) is 2.85. The lowest BCUT2D eigenvalue weighted by Crippen LogP contribution is -2.42. The number of sulfonamides is 1. The van der Waals surface area contributed by atoms with E-state index in [0.29, 0.717) is 21.8 Å². The highest BCUT2D eigenvalue weighted by molar-refractivity contribution is 9.10. The summed E-state index contributed by atoms with van der Waals surface area (Å²) in [6, 6.07) is 6.99. The first kappa shape index (κ1) is 16.9. The summed E-state index contributed by atoms with van der Waals surface area (Å²) in [4.78, 5) is 0.354. The average molecular weight is 375 g/mol. The largest absolute Gasteiger partial charge is 0.317 e. The first-order valence-electron chi connectivity index (χ1n) is 7.40. The molecular formula is C15H23BrN2O2S. The summed E-state index contributed by atoms with van der Waals surface area (Å²) >= 11 is 3.36. The fraction of sp³-hybridized carbons (Fsp3) is 0.600. The number of nitrogens with one attached hydrogen (secondary N) is 1. The number of rotatable bonds is 5. The third-order valence-electron chi connectivity index (χ3n) is 3.90. The Morgan fingerprint density at radius 2 is 1.90 bits per heavy atom. The molecule has 118 valence electrons. The van der Waals surface area contributed by atoms with Crippen molar-refractivity contribution in [3.8, 4) is 0 Å². The average Bonchev–Trinajstić information content (AvgIpc) is 2.45. The minimum atomic E-state index is -3.46. The van der Waals surface area contributed by atoms with Gasteiger partial charge < -0.3 is 5.32 Å². The summed E-state index contributed by atoms with van der Waals surface area (Å²) in [5, 5.41) is 3.32. The van der Waals surface area contributed by atoms with E-state index in [-0.39, 0.29) is 6.04 Å². The van der Waals surface area contributed by atoms with E-state index in [4.69, 9.17) is 0 Å². The first-order valence-corrected chi connectivity index (χ1v) is 9.63. The summed E-state index contributed by atoms with van der Waals surface area (Å²) in [5.74, 6) is 0.436. The third-order valence-corrected chi connectivity index (χ3v) is 6.95. The first-order chi connectivity index (χ1) is 9.93. The molecule has 1 aromatic rings. The zero-order valence-electron chi connectivity index (χ0n) is 12.5. The van der Waals surface area contributed by atoms with E-state index in [1.54, 1.807) is 22.5 Å². The van der Waals surface area contributed by atoms with Gasteiger partial charge >= 0.3 is 0 Å². The van der Waals surface area contributed by atoms with Crippen LogP contribution in [0.2, 0.25) is 0 Å². The van der Waals surface area contributed by atoms with Crippen LogP contribution in [0.5, 0.6) is 0 Å². The van der Waals surface area contributed by atoms with Crippen molar-refractivity contribution < 1.29 is 8.42 Å². The molecule has 0 radical (unpaired) electrons. The van der Waals surface area contributed by atoms with Crippen molar-refractivity contribution in [3.05, 3.63) is 28.7 Å². The lowest BCUT2D eigenvalue weighted by Gasteiger charge is -2.32. The third kappa shape index (κ3) is 4.06. The Balaban J connectivity index is 2.26. The minimum Gasteiger partial charge on any atom is -0.317 e. The topological polar surface area (TPSA) is 49.4 Å². The van der Waals surface area contributed by atoms with Gasteiger partial charge in [-0.3, -0.25) is 0 Å². The molecule has 1 aliphatic rings. The molecule has 0 aromatic heterocycles. The van der Waals surface area contributed by atoms with E-state index in [1.165, 1.54) is 0 Å². The maximum Gasteiger partial charge on any atom is 0.244 e. The van der Waals surface area contributed by atoms with Gasteiger partial charge in [0, 0.05) is 17.1 Å². The maximum absolute atomic E-state index is 12.9. The Bertz CT molecular complexity index is 569. The minimum absolute atomic E-state index is 0.0445. The SMILES string of the molecule is CC(C)N(CC1CCNCC1)S(=O)(=O)c1ccccc1Br. The van der Waals surface area contributed by atoms with E-state index < -0.39 is 10.0 Å². The molecule has 4 nitrogen and oxygen atoms in total. The van der Waals surface area contributed by atoms with Crippen LogP contribution in [0.15, 0.2) is 33.6 Å². The van der Waals surface area contributed by atoms with Crippen LogP contribution < -0.4 is 5.32 Å². The highest BCUT2D eigenvalue weighted by Crippen LogP contribution is 2.27. The molecular weight excluding hydrogens is 352 g/mol. The van der Waals surface area contributed by atoms with Gasteiger partial charge in [-0.1, -0.05) is 12.1 Å². The van der Waals surface area contributed by atoms with Crippen LogP contribution in [-0.2, 0) is 10.0 Å². The van der Waals surface area contributed by atoms with Gasteiger partial charge in [0.05, 0.1) is 4.90 Å². The second-order valence-electron chi connectivity index (χ2n) is 5.79. The van der Waals surface area contributed by atoms with Crippen LogP contribution in [0.3, 0.4) is 0 Å². The fourth-order valence-electron chi connectivity index (χ4n) is 2.69. The number of hydrogen-bond acceptors (Lipinski definition) is 3. The molecule has 1 N–H and O–H groups in total. The van der Waals surface area contributed by atoms with Gasteiger partial charge in [0.25, 0.3) is 0 Å². The van der Waals surface area contributed by atoms with E-state index in [2.05, 4.69) is 21.2 Å². The lowest BCUT2D eigenvalue weighted by molar-refractivity contribution is 0.260. The van der Waals surface area contributed by atoms with Gasteiger partial charge in [-0.05, 0) is 73.8 Å². The summed E-state index contributed by atoms with van der Waals surface area (Å²) < 4.78 is 28.2. The zero-order valence-corrected chi connectivity index (χ0v) is 15.0. The van der Waals surface area contributed by atoms with Gasteiger partial charge in [-0.25, -0.2) is 8.42 Å². The molecule has 2 rings (SSSR count). The lowest BCUT2D eigenvalue weighted by atomic mass is 9.98. The molecule has 1 saturated heterocycles. The molecule has 0 atom stereocenters. The molecule has 1 aromatic carbocycles. The summed E-state index contributed by atoms with van der Waals surface area (Å²) in [5.41, 5.74) is 0. The molecule has 0 saturated carbocycles. The number of benzene rings is 1. The quantitative estimate of drug-likeness (QED) is 0.861. The predicted molar refractivity (Wildman–Crippen MR) is 88.8 cm³/mol. The van der Waals surface area contributed by atoms with Crippen LogP contribution in [-0.4, -0.2) is 38.4 Å². The van der Waals surface area contributed by atoms with Crippen LogP contribution in [0.1, 0.15) is 26.7 Å². The molecule has 0 unspecified atom stereocenters. The van der Waals surface area contributed by atoms with Gasteiger partial charge in [-0.15, -0.1) is 0 Å². The van der Waals surface area contributed by atoms with Crippen molar-refractivity contribution in [1.29, 1.82) is 0 Å². The smallest absolute Gasteiger partial charge is 0.244 e. The summed E-state index contributed by atoms with van der Waals surface area (Å²) in [6.07, 6.45) is 2.07. The number of nitrogens with zero attached hydrogens (tertiary/aromatic N) is 1. The monoisotopic (exact) mass is 374 g/mol. The van der Waals surface area contributed by atoms with Crippen molar-refractivity contribution in [1.82, 2.24) is 9.62 Å². The molecule has 0 spiro atoms. The van der Waals surface area contributed by atoms with Crippen LogP contribution in [0, 0.1) is 5.92 Å². The Kier molecular flexibility index (Phi) is 5.82. The Morgan fingerprint density at radius 3 is 2.48 bits per heavy atom. The van der Waals surface area contributed by atoms with Crippen LogP contribution in [0.4, 0.5) is 0 Å². The van der Waals surface area contributed by atoms with E-state index in [0.717, 1.165) is 25.9 Å². The Hall–Kier alpha value is -0.430. The van der Waals surface area contributed by atoms with Crippen LogP contribution in [0.25, 0.3) is 0 Å². The van der Waals surface area contributed by atoms with Gasteiger partial charge in [0.15, 0.2) is 0 Å². The van der Waals surface area contributed by atoms with Gasteiger partial charge in [0.1, 0.15) is 0 Å².